The fraction of sp³-hybridized carbons (Fsp3) is 0.571. The lowest BCUT2D eigenvalue weighted by Gasteiger charge is -2.19. The predicted octanol–water partition coefficient (Wildman–Crippen LogP) is 2.75. The number of rotatable bonds is 6. The first kappa shape index (κ1) is 19.4. The van der Waals surface area contributed by atoms with Crippen LogP contribution in [-0.4, -0.2) is 36.3 Å². The quantitative estimate of drug-likeness (QED) is 0.779. The average Bonchev–Trinajstić information content (AvgIpc) is 2.91. The number of methoxy groups -OCH3 is 1. The highest BCUT2D eigenvalue weighted by Crippen LogP contribution is 2.38. The Morgan fingerprint density at radius 2 is 1.85 bits per heavy atom. The van der Waals surface area contributed by atoms with Crippen LogP contribution in [0, 0.1) is 18.8 Å². The van der Waals surface area contributed by atoms with Crippen molar-refractivity contribution >= 4 is 17.7 Å². The largest absolute Gasteiger partial charge is 0.496 e. The van der Waals surface area contributed by atoms with Crippen molar-refractivity contribution < 1.29 is 19.1 Å². The van der Waals surface area contributed by atoms with Crippen LogP contribution in [-0.2, 0) is 14.4 Å². The summed E-state index contributed by atoms with van der Waals surface area (Å²) in [6.07, 6.45) is 3.72. The summed E-state index contributed by atoms with van der Waals surface area (Å²) >= 11 is 0. The lowest BCUT2D eigenvalue weighted by Crippen LogP contribution is -2.36. The van der Waals surface area contributed by atoms with Crippen molar-refractivity contribution in [3.05, 3.63) is 29.3 Å². The van der Waals surface area contributed by atoms with Gasteiger partial charge in [0.1, 0.15) is 5.75 Å². The highest BCUT2D eigenvalue weighted by Gasteiger charge is 2.47. The van der Waals surface area contributed by atoms with E-state index in [1.807, 2.05) is 32.0 Å². The van der Waals surface area contributed by atoms with Crippen molar-refractivity contribution in [1.82, 2.24) is 10.2 Å². The van der Waals surface area contributed by atoms with Gasteiger partial charge in [0.2, 0.25) is 17.7 Å². The molecule has 1 aromatic carbocycles. The Labute approximate surface area is 160 Å². The van der Waals surface area contributed by atoms with Crippen LogP contribution in [0.5, 0.6) is 5.75 Å². The molecule has 1 aliphatic carbocycles. The van der Waals surface area contributed by atoms with Crippen LogP contribution in [0.1, 0.15) is 56.2 Å². The number of nitrogens with one attached hydrogen (secondary N) is 1. The van der Waals surface area contributed by atoms with Gasteiger partial charge in [-0.2, -0.15) is 0 Å². The minimum absolute atomic E-state index is 0.0918. The van der Waals surface area contributed by atoms with E-state index in [9.17, 15) is 14.4 Å². The maximum atomic E-state index is 12.5. The van der Waals surface area contributed by atoms with Crippen LogP contribution in [0.15, 0.2) is 18.2 Å². The van der Waals surface area contributed by atoms with E-state index in [1.165, 1.54) is 4.90 Å². The van der Waals surface area contributed by atoms with Gasteiger partial charge in [-0.05, 0) is 32.8 Å². The molecule has 6 heteroatoms. The zero-order chi connectivity index (χ0) is 19.6. The molecule has 146 valence electrons. The van der Waals surface area contributed by atoms with Gasteiger partial charge in [0.25, 0.3) is 0 Å². The van der Waals surface area contributed by atoms with Crippen LogP contribution < -0.4 is 10.1 Å². The number of hydrogen-bond acceptors (Lipinski definition) is 4. The first-order valence-electron chi connectivity index (χ1n) is 9.71. The van der Waals surface area contributed by atoms with Gasteiger partial charge < -0.3 is 10.1 Å². The van der Waals surface area contributed by atoms with Gasteiger partial charge in [0.05, 0.1) is 25.0 Å². The Morgan fingerprint density at radius 1 is 1.22 bits per heavy atom. The van der Waals surface area contributed by atoms with Crippen LogP contribution in [0.4, 0.5) is 0 Å². The number of benzene rings is 1. The molecule has 1 heterocycles. The number of nitrogens with zero attached hydrogens (tertiary/aromatic N) is 1. The molecule has 2 aliphatic rings. The molecule has 6 nitrogen and oxygen atoms in total. The maximum absolute atomic E-state index is 12.5. The molecule has 3 rings (SSSR count). The summed E-state index contributed by atoms with van der Waals surface area (Å²) in [4.78, 5) is 38.7. The zero-order valence-electron chi connectivity index (χ0n) is 16.3. The molecule has 0 aromatic heterocycles. The summed E-state index contributed by atoms with van der Waals surface area (Å²) in [6.45, 7) is 4.05. The third kappa shape index (κ3) is 3.99. The molecule has 1 aliphatic heterocycles. The molecule has 0 spiro atoms. The summed E-state index contributed by atoms with van der Waals surface area (Å²) in [5, 5.41) is 2.95. The second-order valence-electron chi connectivity index (χ2n) is 7.61. The normalized spacial score (nSPS) is 23.1. The molecule has 0 radical (unpaired) electrons. The molecule has 2 fully saturated rings. The highest BCUT2D eigenvalue weighted by molar-refractivity contribution is 6.05. The second-order valence-corrected chi connectivity index (χ2v) is 7.61. The fourth-order valence-electron chi connectivity index (χ4n) is 4.25. The van der Waals surface area contributed by atoms with Crippen LogP contribution in [0.3, 0.4) is 0 Å². The molecule has 0 unspecified atom stereocenters. The number of imide groups is 1. The zero-order valence-corrected chi connectivity index (χ0v) is 16.3. The van der Waals surface area contributed by atoms with Crippen LogP contribution in [0.2, 0.25) is 0 Å². The predicted molar refractivity (Wildman–Crippen MR) is 101 cm³/mol. The monoisotopic (exact) mass is 372 g/mol. The van der Waals surface area contributed by atoms with Gasteiger partial charge in [-0.3, -0.25) is 19.3 Å². The fourth-order valence-corrected chi connectivity index (χ4v) is 4.25. The maximum Gasteiger partial charge on any atom is 0.233 e. The molecule has 1 saturated heterocycles. The molecule has 3 amide bonds. The number of amides is 3. The van der Waals surface area contributed by atoms with E-state index in [1.54, 1.807) is 7.11 Å². The Morgan fingerprint density at radius 3 is 2.44 bits per heavy atom. The minimum Gasteiger partial charge on any atom is -0.496 e. The van der Waals surface area contributed by atoms with Crippen molar-refractivity contribution in [3.8, 4) is 5.75 Å². The average molecular weight is 372 g/mol. The number of aryl methyl sites for hydroxylation is 1. The van der Waals surface area contributed by atoms with Gasteiger partial charge in [-0.25, -0.2) is 0 Å². The van der Waals surface area contributed by atoms with Gasteiger partial charge in [0.15, 0.2) is 0 Å². The number of carbonyl (C=O) groups is 3. The van der Waals surface area contributed by atoms with Crippen molar-refractivity contribution in [3.63, 3.8) is 0 Å². The number of likely N-dealkylation sites (tertiary alicyclic amines) is 1. The SMILES string of the molecule is COc1ccc(C)cc1[C@@H](C)NC(=O)CCN1C(=O)[C@H]2CCCC[C@@H]2C1=O. The van der Waals surface area contributed by atoms with Gasteiger partial charge in [-0.1, -0.05) is 30.5 Å². The standard InChI is InChI=1S/C21H28N2O4/c1-13-8-9-18(27-3)17(12-13)14(2)22-19(24)10-11-23-20(25)15-6-4-5-7-16(15)21(23)26/h8-9,12,14-16H,4-7,10-11H2,1-3H3,(H,22,24)/t14-,15+,16+/m1/s1. The van der Waals surface area contributed by atoms with Crippen LogP contribution in [0.25, 0.3) is 0 Å². The smallest absolute Gasteiger partial charge is 0.233 e. The molecule has 1 saturated carbocycles. The molecule has 3 atom stereocenters. The van der Waals surface area contributed by atoms with E-state index in [0.717, 1.165) is 42.6 Å². The Kier molecular flexibility index (Phi) is 5.82. The first-order valence-corrected chi connectivity index (χ1v) is 9.71. The summed E-state index contributed by atoms with van der Waals surface area (Å²) < 4.78 is 5.38. The molecule has 27 heavy (non-hydrogen) atoms. The van der Waals surface area contributed by atoms with Crippen molar-refractivity contribution in [2.24, 2.45) is 11.8 Å². The van der Waals surface area contributed by atoms with Crippen molar-refractivity contribution in [2.75, 3.05) is 13.7 Å². The third-order valence-electron chi connectivity index (χ3n) is 5.72. The highest BCUT2D eigenvalue weighted by atomic mass is 16.5. The molecule has 1 N–H and O–H groups in total. The molecule has 1 aromatic rings. The lowest BCUT2D eigenvalue weighted by molar-refractivity contribution is -0.140. The summed E-state index contributed by atoms with van der Waals surface area (Å²) in [5.74, 6) is 0.0373. The van der Waals surface area contributed by atoms with Crippen molar-refractivity contribution in [2.45, 2.75) is 52.0 Å². The van der Waals surface area contributed by atoms with E-state index >= 15 is 0 Å². The van der Waals surface area contributed by atoms with Crippen molar-refractivity contribution in [1.29, 1.82) is 0 Å². The van der Waals surface area contributed by atoms with E-state index in [0.29, 0.717) is 0 Å². The number of fused-ring (bicyclic) bond motifs is 1. The van der Waals surface area contributed by atoms with Crippen LogP contribution >= 0.6 is 0 Å². The topological polar surface area (TPSA) is 75.7 Å². The summed E-state index contributed by atoms with van der Waals surface area (Å²) in [7, 11) is 1.60. The third-order valence-corrected chi connectivity index (χ3v) is 5.72. The van der Waals surface area contributed by atoms with Gasteiger partial charge in [-0.15, -0.1) is 0 Å². The second kappa shape index (κ2) is 8.11. The van der Waals surface area contributed by atoms with E-state index in [4.69, 9.17) is 4.74 Å². The van der Waals surface area contributed by atoms with E-state index < -0.39 is 0 Å². The Hall–Kier alpha value is -2.37. The lowest BCUT2D eigenvalue weighted by atomic mass is 9.81. The molecule has 0 bridgehead atoms. The number of ether oxygens (including phenoxy) is 1. The minimum atomic E-state index is -0.222. The Bertz CT molecular complexity index is 722. The molecular formula is C21H28N2O4. The number of carbonyl (C=O) groups excluding carboxylic acids is 3. The Balaban J connectivity index is 1.58. The van der Waals surface area contributed by atoms with E-state index in [2.05, 4.69) is 5.32 Å². The summed E-state index contributed by atoms with van der Waals surface area (Å²) in [6, 6.07) is 5.61. The first-order chi connectivity index (χ1) is 12.9. The van der Waals surface area contributed by atoms with Gasteiger partial charge >= 0.3 is 0 Å². The molecular weight excluding hydrogens is 344 g/mol. The number of hydrogen-bond donors (Lipinski definition) is 1. The van der Waals surface area contributed by atoms with Gasteiger partial charge in [0, 0.05) is 18.5 Å². The van der Waals surface area contributed by atoms with E-state index in [-0.39, 0.29) is 48.6 Å². The summed E-state index contributed by atoms with van der Waals surface area (Å²) in [5.41, 5.74) is 1.99.